The van der Waals surface area contributed by atoms with E-state index in [0.29, 0.717) is 19.4 Å². The van der Waals surface area contributed by atoms with Gasteiger partial charge in [-0.1, -0.05) is 0 Å². The summed E-state index contributed by atoms with van der Waals surface area (Å²) in [5.74, 6) is 1.38. The molecule has 1 fully saturated rings. The highest BCUT2D eigenvalue weighted by Gasteiger charge is 2.30. The Bertz CT molecular complexity index is 666. The first-order chi connectivity index (χ1) is 9.95. The minimum absolute atomic E-state index is 0.00347. The van der Waals surface area contributed by atoms with E-state index in [1.54, 1.807) is 0 Å². The molecule has 1 aliphatic rings. The SMILES string of the molecule is C#CCCCCNS(=O)(=O)c1cc(C(=O)O)n(C2CC2)c1. The number of nitrogens with zero attached hydrogens (tertiary/aromatic N) is 1. The van der Waals surface area contributed by atoms with E-state index >= 15 is 0 Å². The Labute approximate surface area is 124 Å². The first-order valence-corrected chi connectivity index (χ1v) is 8.32. The molecule has 1 saturated carbocycles. The van der Waals surface area contributed by atoms with Gasteiger partial charge in [0.25, 0.3) is 0 Å². The first kappa shape index (κ1) is 15.6. The summed E-state index contributed by atoms with van der Waals surface area (Å²) in [7, 11) is -3.67. The highest BCUT2D eigenvalue weighted by atomic mass is 32.2. The Kier molecular flexibility index (Phi) is 4.70. The van der Waals surface area contributed by atoms with Gasteiger partial charge in [-0.3, -0.25) is 0 Å². The van der Waals surface area contributed by atoms with E-state index < -0.39 is 16.0 Å². The van der Waals surface area contributed by atoms with Crippen LogP contribution >= 0.6 is 0 Å². The van der Waals surface area contributed by atoms with E-state index in [2.05, 4.69) is 10.6 Å². The van der Waals surface area contributed by atoms with Gasteiger partial charge >= 0.3 is 5.97 Å². The highest BCUT2D eigenvalue weighted by molar-refractivity contribution is 7.89. The number of carboxylic acids is 1. The summed E-state index contributed by atoms with van der Waals surface area (Å²) in [5.41, 5.74) is 0.0187. The smallest absolute Gasteiger partial charge is 0.352 e. The van der Waals surface area contributed by atoms with Gasteiger partial charge in [-0.05, 0) is 31.7 Å². The maximum atomic E-state index is 12.1. The zero-order valence-electron chi connectivity index (χ0n) is 11.6. The second-order valence-electron chi connectivity index (χ2n) is 5.06. The van der Waals surface area contributed by atoms with Crippen LogP contribution in [0, 0.1) is 12.3 Å². The van der Waals surface area contributed by atoms with Crippen LogP contribution in [0.3, 0.4) is 0 Å². The molecule has 0 spiro atoms. The van der Waals surface area contributed by atoms with Crippen LogP contribution in [0.25, 0.3) is 0 Å². The molecule has 114 valence electrons. The Morgan fingerprint density at radius 1 is 1.48 bits per heavy atom. The Balaban J connectivity index is 2.07. The Morgan fingerprint density at radius 2 is 2.19 bits per heavy atom. The van der Waals surface area contributed by atoms with Crippen molar-refractivity contribution in [3.8, 4) is 12.3 Å². The van der Waals surface area contributed by atoms with Crippen LogP contribution in [0.4, 0.5) is 0 Å². The third-order valence-electron chi connectivity index (χ3n) is 3.33. The fraction of sp³-hybridized carbons (Fsp3) is 0.500. The predicted molar refractivity (Wildman–Crippen MR) is 77.5 cm³/mol. The standard InChI is InChI=1S/C14H18N2O4S/c1-2-3-4-5-8-15-21(19,20)12-9-13(14(17)18)16(10-12)11-6-7-11/h1,9-11,15H,3-8H2,(H,17,18). The molecule has 0 unspecified atom stereocenters. The van der Waals surface area contributed by atoms with Crippen molar-refractivity contribution in [1.82, 2.24) is 9.29 Å². The van der Waals surface area contributed by atoms with Gasteiger partial charge in [-0.15, -0.1) is 12.3 Å². The number of hydrogen-bond acceptors (Lipinski definition) is 3. The number of carboxylic acid groups (broad SMARTS) is 1. The zero-order valence-corrected chi connectivity index (χ0v) is 12.4. The van der Waals surface area contributed by atoms with Crippen molar-refractivity contribution in [1.29, 1.82) is 0 Å². The minimum Gasteiger partial charge on any atom is -0.477 e. The molecule has 0 aromatic carbocycles. The monoisotopic (exact) mass is 310 g/mol. The number of unbranched alkanes of at least 4 members (excludes halogenated alkanes) is 2. The van der Waals surface area contributed by atoms with Gasteiger partial charge in [0.05, 0.1) is 0 Å². The van der Waals surface area contributed by atoms with E-state index in [-0.39, 0.29) is 16.6 Å². The first-order valence-electron chi connectivity index (χ1n) is 6.84. The molecule has 0 radical (unpaired) electrons. The summed E-state index contributed by atoms with van der Waals surface area (Å²) in [4.78, 5) is 11.2. The number of sulfonamides is 1. The van der Waals surface area contributed by atoms with Gasteiger partial charge < -0.3 is 9.67 Å². The molecule has 21 heavy (non-hydrogen) atoms. The molecule has 0 saturated heterocycles. The molecule has 1 heterocycles. The predicted octanol–water partition coefficient (Wildman–Crippen LogP) is 1.60. The lowest BCUT2D eigenvalue weighted by Gasteiger charge is -2.04. The summed E-state index contributed by atoms with van der Waals surface area (Å²) >= 11 is 0. The summed E-state index contributed by atoms with van der Waals surface area (Å²) in [6, 6.07) is 1.32. The van der Waals surface area contributed by atoms with Gasteiger partial charge in [0.15, 0.2) is 0 Å². The number of hydrogen-bond donors (Lipinski definition) is 2. The van der Waals surface area contributed by atoms with Crippen molar-refractivity contribution in [2.45, 2.75) is 43.0 Å². The number of carbonyl (C=O) groups is 1. The van der Waals surface area contributed by atoms with E-state index in [1.165, 1.54) is 16.8 Å². The van der Waals surface area contributed by atoms with Crippen molar-refractivity contribution in [2.24, 2.45) is 0 Å². The summed E-state index contributed by atoms with van der Waals surface area (Å²) in [5, 5.41) is 9.14. The molecule has 2 N–H and O–H groups in total. The lowest BCUT2D eigenvalue weighted by atomic mass is 10.2. The average Bonchev–Trinajstić information content (AvgIpc) is 3.16. The summed E-state index contributed by atoms with van der Waals surface area (Å²) in [6.45, 7) is 0.293. The summed E-state index contributed by atoms with van der Waals surface area (Å²) < 4.78 is 28.3. The number of aromatic carboxylic acids is 1. The normalized spacial score (nSPS) is 14.8. The van der Waals surface area contributed by atoms with Crippen molar-refractivity contribution in [2.75, 3.05) is 6.54 Å². The number of aromatic nitrogens is 1. The maximum absolute atomic E-state index is 12.1. The molecule has 0 aliphatic heterocycles. The highest BCUT2D eigenvalue weighted by Crippen LogP contribution is 2.37. The molecule has 0 amide bonds. The van der Waals surface area contributed by atoms with E-state index in [1.807, 2.05) is 0 Å². The largest absolute Gasteiger partial charge is 0.477 e. The average molecular weight is 310 g/mol. The van der Waals surface area contributed by atoms with Gasteiger partial charge in [0, 0.05) is 25.2 Å². The lowest BCUT2D eigenvalue weighted by molar-refractivity contribution is 0.0685. The van der Waals surface area contributed by atoms with Gasteiger partial charge in [0.1, 0.15) is 10.6 Å². The molecule has 2 rings (SSSR count). The molecule has 0 bridgehead atoms. The molecule has 7 heteroatoms. The van der Waals surface area contributed by atoms with Crippen molar-refractivity contribution in [3.63, 3.8) is 0 Å². The van der Waals surface area contributed by atoms with E-state index in [9.17, 15) is 13.2 Å². The van der Waals surface area contributed by atoms with Gasteiger partial charge in [-0.25, -0.2) is 17.9 Å². The lowest BCUT2D eigenvalue weighted by Crippen LogP contribution is -2.24. The van der Waals surface area contributed by atoms with E-state index in [0.717, 1.165) is 19.3 Å². The van der Waals surface area contributed by atoms with Crippen LogP contribution < -0.4 is 4.72 Å². The fourth-order valence-corrected chi connectivity index (χ4v) is 3.17. The number of nitrogens with one attached hydrogen (secondary N) is 1. The second-order valence-corrected chi connectivity index (χ2v) is 6.83. The van der Waals surface area contributed by atoms with E-state index in [4.69, 9.17) is 11.5 Å². The van der Waals surface area contributed by atoms with Crippen LogP contribution in [0.5, 0.6) is 0 Å². The molecular weight excluding hydrogens is 292 g/mol. The minimum atomic E-state index is -3.67. The molecule has 1 aromatic rings. The summed E-state index contributed by atoms with van der Waals surface area (Å²) in [6.07, 6.45) is 10.3. The molecule has 1 aliphatic carbocycles. The Hall–Kier alpha value is -1.78. The number of terminal acetylenes is 1. The van der Waals surface area contributed by atoms with Crippen LogP contribution in [-0.4, -0.2) is 30.6 Å². The van der Waals surface area contributed by atoms with Crippen LogP contribution in [0.1, 0.15) is 48.6 Å². The topological polar surface area (TPSA) is 88.4 Å². The Morgan fingerprint density at radius 3 is 2.76 bits per heavy atom. The zero-order chi connectivity index (χ0) is 15.5. The number of rotatable bonds is 8. The van der Waals surface area contributed by atoms with Crippen molar-refractivity contribution >= 4 is 16.0 Å². The van der Waals surface area contributed by atoms with Crippen molar-refractivity contribution in [3.05, 3.63) is 18.0 Å². The second kappa shape index (κ2) is 6.33. The third-order valence-corrected chi connectivity index (χ3v) is 4.76. The van der Waals surface area contributed by atoms with Crippen molar-refractivity contribution < 1.29 is 18.3 Å². The van der Waals surface area contributed by atoms with Crippen LogP contribution in [0.2, 0.25) is 0 Å². The third kappa shape index (κ3) is 3.86. The molecular formula is C14H18N2O4S. The molecule has 6 nitrogen and oxygen atoms in total. The van der Waals surface area contributed by atoms with Gasteiger partial charge in [0.2, 0.25) is 10.0 Å². The fourth-order valence-electron chi connectivity index (χ4n) is 2.07. The molecule has 0 atom stereocenters. The van der Waals surface area contributed by atoms with Gasteiger partial charge in [-0.2, -0.15) is 0 Å². The molecule has 1 aromatic heterocycles. The van der Waals surface area contributed by atoms with Crippen LogP contribution in [-0.2, 0) is 10.0 Å². The maximum Gasteiger partial charge on any atom is 0.352 e. The van der Waals surface area contributed by atoms with Crippen LogP contribution in [0.15, 0.2) is 17.2 Å². The quantitative estimate of drug-likeness (QED) is 0.564.